The molecular formula is C23H22ClN3O2. The van der Waals surface area contributed by atoms with Crippen LogP contribution < -0.4 is 5.32 Å². The second-order valence-corrected chi connectivity index (χ2v) is 7.98. The molecule has 1 aliphatic carbocycles. The highest BCUT2D eigenvalue weighted by Crippen LogP contribution is 2.45. The van der Waals surface area contributed by atoms with Crippen LogP contribution in [0.25, 0.3) is 0 Å². The molecule has 1 aliphatic heterocycles. The fourth-order valence-corrected chi connectivity index (χ4v) is 4.41. The topological polar surface area (TPSA) is 71.4 Å². The zero-order valence-corrected chi connectivity index (χ0v) is 17.2. The molecule has 2 heterocycles. The number of halogens is 1. The number of aliphatic imine (C=N–C) groups is 1. The lowest BCUT2D eigenvalue weighted by atomic mass is 9.71. The number of hydrogen-bond donors (Lipinski definition) is 1. The monoisotopic (exact) mass is 407 g/mol. The number of aromatic nitrogens is 1. The molecule has 4 rings (SSSR count). The van der Waals surface area contributed by atoms with Gasteiger partial charge in [0.15, 0.2) is 5.78 Å². The van der Waals surface area contributed by atoms with Crippen molar-refractivity contribution in [3.8, 4) is 0 Å². The first-order valence-electron chi connectivity index (χ1n) is 9.75. The highest BCUT2D eigenvalue weighted by molar-refractivity contribution is 6.31. The Bertz CT molecular complexity index is 1040. The Hall–Kier alpha value is -2.79. The lowest BCUT2D eigenvalue weighted by Crippen LogP contribution is -2.39. The van der Waals surface area contributed by atoms with Gasteiger partial charge in [0, 0.05) is 40.5 Å². The van der Waals surface area contributed by atoms with E-state index < -0.39 is 11.8 Å². The third kappa shape index (κ3) is 3.75. The van der Waals surface area contributed by atoms with Gasteiger partial charge in [0.25, 0.3) is 0 Å². The van der Waals surface area contributed by atoms with Crippen LogP contribution >= 0.6 is 11.6 Å². The number of pyridine rings is 1. The molecule has 148 valence electrons. The number of allylic oxidation sites excluding steroid dienone is 2. The Morgan fingerprint density at radius 1 is 1.14 bits per heavy atom. The van der Waals surface area contributed by atoms with Gasteiger partial charge in [-0.15, -0.1) is 0 Å². The van der Waals surface area contributed by atoms with Gasteiger partial charge in [-0.2, -0.15) is 0 Å². The van der Waals surface area contributed by atoms with Crippen molar-refractivity contribution in [1.29, 1.82) is 0 Å². The van der Waals surface area contributed by atoms with Crippen molar-refractivity contribution < 1.29 is 9.59 Å². The molecule has 2 aliphatic rings. The molecule has 0 saturated carbocycles. The third-order valence-electron chi connectivity index (χ3n) is 5.52. The summed E-state index contributed by atoms with van der Waals surface area (Å²) < 4.78 is 0. The molecule has 2 unspecified atom stereocenters. The largest absolute Gasteiger partial charge is 0.310 e. The Morgan fingerprint density at radius 2 is 1.93 bits per heavy atom. The molecule has 1 aromatic carbocycles. The molecule has 0 fully saturated rings. The van der Waals surface area contributed by atoms with Gasteiger partial charge in [-0.3, -0.25) is 14.6 Å². The highest BCUT2D eigenvalue weighted by Gasteiger charge is 2.43. The average Bonchev–Trinajstić information content (AvgIpc) is 2.69. The Balaban J connectivity index is 1.78. The van der Waals surface area contributed by atoms with Gasteiger partial charge in [-0.25, -0.2) is 4.98 Å². The van der Waals surface area contributed by atoms with E-state index in [1.807, 2.05) is 38.1 Å². The van der Waals surface area contributed by atoms with E-state index in [2.05, 4.69) is 15.3 Å². The van der Waals surface area contributed by atoms with Gasteiger partial charge in [0.1, 0.15) is 5.82 Å². The first kappa shape index (κ1) is 19.5. The molecule has 0 spiro atoms. The normalized spacial score (nSPS) is 21.5. The van der Waals surface area contributed by atoms with Crippen molar-refractivity contribution in [2.24, 2.45) is 10.9 Å². The molecule has 1 aromatic heterocycles. The zero-order valence-electron chi connectivity index (χ0n) is 16.4. The molecule has 1 N–H and O–H groups in total. The van der Waals surface area contributed by atoms with E-state index in [0.29, 0.717) is 28.5 Å². The maximum absolute atomic E-state index is 13.3. The van der Waals surface area contributed by atoms with Crippen LogP contribution in [0.2, 0.25) is 5.02 Å². The molecule has 29 heavy (non-hydrogen) atoms. The van der Waals surface area contributed by atoms with Crippen LogP contribution in [0.5, 0.6) is 0 Å². The van der Waals surface area contributed by atoms with Crippen molar-refractivity contribution in [3.05, 3.63) is 70.0 Å². The average molecular weight is 408 g/mol. The van der Waals surface area contributed by atoms with Crippen LogP contribution in [0.15, 0.2) is 58.9 Å². The number of Topliss-reactive ketones (excluding diaryl/α,β-unsaturated/α-hetero) is 1. The SMILES string of the molecule is CC1=NC2=C(C(=O)CCC2)C(c2ccccc2Cl)C1C(=O)Nc1ccc(C)cn1. The number of aryl methyl sites for hydroxylation is 1. The molecule has 5 nitrogen and oxygen atoms in total. The van der Waals surface area contributed by atoms with Crippen LogP contribution in [0.3, 0.4) is 0 Å². The van der Waals surface area contributed by atoms with E-state index >= 15 is 0 Å². The van der Waals surface area contributed by atoms with Gasteiger partial charge in [0.05, 0.1) is 5.92 Å². The number of anilines is 1. The molecule has 1 amide bonds. The van der Waals surface area contributed by atoms with Gasteiger partial charge in [-0.1, -0.05) is 35.9 Å². The number of nitrogens with zero attached hydrogens (tertiary/aromatic N) is 2. The van der Waals surface area contributed by atoms with Crippen molar-refractivity contribution in [1.82, 2.24) is 4.98 Å². The number of carbonyl (C=O) groups excluding carboxylic acids is 2. The summed E-state index contributed by atoms with van der Waals surface area (Å²) >= 11 is 6.51. The van der Waals surface area contributed by atoms with Crippen LogP contribution in [0.4, 0.5) is 5.82 Å². The van der Waals surface area contributed by atoms with Crippen LogP contribution in [-0.2, 0) is 9.59 Å². The van der Waals surface area contributed by atoms with Crippen LogP contribution in [-0.4, -0.2) is 22.4 Å². The fraction of sp³-hybridized carbons (Fsp3) is 0.304. The molecular weight excluding hydrogens is 386 g/mol. The van der Waals surface area contributed by atoms with Gasteiger partial charge in [-0.05, 0) is 49.9 Å². The molecule has 0 radical (unpaired) electrons. The van der Waals surface area contributed by atoms with Crippen LogP contribution in [0, 0.1) is 12.8 Å². The van der Waals surface area contributed by atoms with Crippen molar-refractivity contribution in [2.75, 3.05) is 5.32 Å². The summed E-state index contributed by atoms with van der Waals surface area (Å²) in [5, 5.41) is 3.44. The standard InChI is InChI=1S/C23H22ClN3O2/c1-13-10-11-19(25-12-13)27-23(29)20-14(2)26-17-8-5-9-18(28)22(17)21(20)15-6-3-4-7-16(15)24/h3-4,6-7,10-12,20-21H,5,8-9H2,1-2H3,(H,25,27,29). The molecule has 0 bridgehead atoms. The number of benzene rings is 1. The van der Waals surface area contributed by atoms with E-state index in [4.69, 9.17) is 11.6 Å². The smallest absolute Gasteiger partial charge is 0.235 e. The minimum atomic E-state index is -0.626. The van der Waals surface area contributed by atoms with E-state index in [9.17, 15) is 9.59 Å². The lowest BCUT2D eigenvalue weighted by molar-refractivity contribution is -0.119. The van der Waals surface area contributed by atoms with Crippen LogP contribution in [0.1, 0.15) is 43.2 Å². The summed E-state index contributed by atoms with van der Waals surface area (Å²) in [5.41, 5.74) is 3.90. The minimum absolute atomic E-state index is 0.0543. The van der Waals surface area contributed by atoms with E-state index in [1.165, 1.54) is 0 Å². The number of hydrogen-bond acceptors (Lipinski definition) is 4. The predicted molar refractivity (Wildman–Crippen MR) is 114 cm³/mol. The minimum Gasteiger partial charge on any atom is -0.310 e. The molecule has 2 aromatic rings. The summed E-state index contributed by atoms with van der Waals surface area (Å²) in [6.45, 7) is 3.78. The summed E-state index contributed by atoms with van der Waals surface area (Å²) in [7, 11) is 0. The number of rotatable bonds is 3. The molecule has 2 atom stereocenters. The maximum Gasteiger partial charge on any atom is 0.235 e. The number of nitrogens with one attached hydrogen (secondary N) is 1. The van der Waals surface area contributed by atoms with E-state index in [-0.39, 0.29) is 11.7 Å². The fourth-order valence-electron chi connectivity index (χ4n) is 4.16. The maximum atomic E-state index is 13.3. The first-order valence-corrected chi connectivity index (χ1v) is 10.1. The summed E-state index contributed by atoms with van der Waals surface area (Å²) in [6, 6.07) is 11.1. The van der Waals surface area contributed by atoms with E-state index in [1.54, 1.807) is 18.3 Å². The predicted octanol–water partition coefficient (Wildman–Crippen LogP) is 4.86. The van der Waals surface area contributed by atoms with Gasteiger partial charge in [0.2, 0.25) is 5.91 Å². The number of amides is 1. The van der Waals surface area contributed by atoms with Gasteiger partial charge < -0.3 is 5.32 Å². The second kappa shape index (κ2) is 7.91. The van der Waals surface area contributed by atoms with Crippen molar-refractivity contribution in [3.63, 3.8) is 0 Å². The zero-order chi connectivity index (χ0) is 20.5. The van der Waals surface area contributed by atoms with E-state index in [0.717, 1.165) is 29.7 Å². The Morgan fingerprint density at radius 3 is 2.66 bits per heavy atom. The van der Waals surface area contributed by atoms with Gasteiger partial charge >= 0.3 is 0 Å². The quantitative estimate of drug-likeness (QED) is 0.789. The molecule has 6 heteroatoms. The second-order valence-electron chi connectivity index (χ2n) is 7.58. The van der Waals surface area contributed by atoms with Crippen molar-refractivity contribution in [2.45, 2.75) is 39.0 Å². The summed E-state index contributed by atoms with van der Waals surface area (Å²) in [5.74, 6) is -0.787. The first-order chi connectivity index (χ1) is 14.0. The Labute approximate surface area is 174 Å². The summed E-state index contributed by atoms with van der Waals surface area (Å²) in [6.07, 6.45) is 3.71. The Kier molecular flexibility index (Phi) is 5.33. The number of ketones is 1. The van der Waals surface area contributed by atoms with Crippen molar-refractivity contribution >= 4 is 34.8 Å². The molecule has 0 saturated heterocycles. The number of carbonyl (C=O) groups is 2. The third-order valence-corrected chi connectivity index (χ3v) is 5.86. The highest BCUT2D eigenvalue weighted by atomic mass is 35.5. The lowest BCUT2D eigenvalue weighted by Gasteiger charge is -2.35. The summed E-state index contributed by atoms with van der Waals surface area (Å²) in [4.78, 5) is 35.2.